The Bertz CT molecular complexity index is 1420. The van der Waals surface area contributed by atoms with Gasteiger partial charge in [-0.05, 0) is 26.3 Å². The number of halogens is 1. The fourth-order valence-corrected chi connectivity index (χ4v) is 7.30. The normalized spacial score (nSPS) is 22.8. The minimum atomic E-state index is -1.69. The maximum atomic E-state index is 13.5. The van der Waals surface area contributed by atoms with Crippen LogP contribution in [0.2, 0.25) is 0 Å². The lowest BCUT2D eigenvalue weighted by Gasteiger charge is -2.49. The Balaban J connectivity index is 1.59. The molecule has 1 aromatic heterocycles. The topological polar surface area (TPSA) is 192 Å². The Labute approximate surface area is 261 Å². The van der Waals surface area contributed by atoms with Crippen LogP contribution in [0.25, 0.3) is 0 Å². The molecule has 4 radical (unpaired) electrons. The third-order valence-corrected chi connectivity index (χ3v) is 9.35. The highest BCUT2D eigenvalue weighted by Gasteiger charge is 2.58. The maximum Gasteiger partial charge on any atom is 0.413 e. The first-order chi connectivity index (χ1) is 19.7. The molecule has 15 nitrogen and oxygen atoms in total. The van der Waals surface area contributed by atoms with E-state index in [1.165, 1.54) is 5.38 Å². The number of aromatic nitrogens is 1. The van der Waals surface area contributed by atoms with Gasteiger partial charge in [0.1, 0.15) is 28.4 Å². The third kappa shape index (κ3) is 6.48. The molecule has 20 heteroatoms. The first-order valence-electron chi connectivity index (χ1n) is 12.1. The molecule has 1 unspecified atom stereocenters. The van der Waals surface area contributed by atoms with Crippen molar-refractivity contribution < 1.29 is 47.1 Å². The quantitative estimate of drug-likeness (QED) is 0.0876. The third-order valence-electron chi connectivity index (χ3n) is 6.02. The summed E-state index contributed by atoms with van der Waals surface area (Å²) in [5.41, 5.74) is -2.57. The number of hydrogen-bond donors (Lipinski definition) is 2. The van der Waals surface area contributed by atoms with Gasteiger partial charge in [0.05, 0.1) is 16.6 Å². The zero-order chi connectivity index (χ0) is 31.0. The number of ether oxygens (including phenoxy) is 1. The number of rotatable bonds is 9. The van der Waals surface area contributed by atoms with E-state index >= 15 is 0 Å². The van der Waals surface area contributed by atoms with Crippen molar-refractivity contribution in [2.45, 2.75) is 56.2 Å². The lowest BCUT2D eigenvalue weighted by molar-refractivity contribution is -0.150. The van der Waals surface area contributed by atoms with Gasteiger partial charge in [-0.15, -0.1) is 11.3 Å². The summed E-state index contributed by atoms with van der Waals surface area (Å²) in [5, 5.41) is 9.05. The fourth-order valence-electron chi connectivity index (χ4n) is 3.93. The van der Waals surface area contributed by atoms with Gasteiger partial charge < -0.3 is 24.2 Å². The summed E-state index contributed by atoms with van der Waals surface area (Å²) >= 11 is 2.89. The number of alkyl halides is 1. The van der Waals surface area contributed by atoms with Crippen molar-refractivity contribution in [2.75, 3.05) is 15.5 Å². The van der Waals surface area contributed by atoms with Crippen LogP contribution in [0.3, 0.4) is 0 Å². The van der Waals surface area contributed by atoms with Crippen LogP contribution >= 0.6 is 33.9 Å². The van der Waals surface area contributed by atoms with E-state index in [1.807, 2.05) is 22.6 Å². The van der Waals surface area contributed by atoms with Crippen LogP contribution in [0.5, 0.6) is 0 Å². The first kappa shape index (κ1) is 31.9. The average molecular weight is 729 g/mol. The number of nitrogens with zero attached hydrogens (tertiary/aromatic N) is 3. The van der Waals surface area contributed by atoms with Crippen molar-refractivity contribution >= 4 is 102 Å². The van der Waals surface area contributed by atoms with E-state index in [2.05, 4.69) is 30.1 Å². The van der Waals surface area contributed by atoms with Crippen molar-refractivity contribution in [2.24, 2.45) is 5.16 Å². The van der Waals surface area contributed by atoms with Gasteiger partial charge in [0.25, 0.3) is 11.8 Å². The molecule has 3 aliphatic rings. The molecule has 220 valence electrons. The van der Waals surface area contributed by atoms with Crippen LogP contribution < -0.4 is 10.6 Å². The van der Waals surface area contributed by atoms with Crippen molar-refractivity contribution in [3.63, 3.8) is 0 Å². The van der Waals surface area contributed by atoms with Crippen LogP contribution in [0.4, 0.5) is 9.93 Å². The number of thiazole rings is 1. The lowest BCUT2D eigenvalue weighted by atomic mass is 10.0. The van der Waals surface area contributed by atoms with E-state index in [1.54, 1.807) is 20.8 Å². The molecule has 2 N–H and O–H groups in total. The maximum absolute atomic E-state index is 13.5. The number of nitrogens with one attached hydrogen (secondary N) is 2. The smallest absolute Gasteiger partial charge is 0.413 e. The molecule has 42 heavy (non-hydrogen) atoms. The molecular weight excluding hydrogens is 707 g/mol. The molecule has 0 aromatic carbocycles. The van der Waals surface area contributed by atoms with Gasteiger partial charge >= 0.3 is 34.1 Å². The minimum Gasteiger partial charge on any atom is -0.540 e. The predicted molar refractivity (Wildman–Crippen MR) is 157 cm³/mol. The molecule has 1 aliphatic carbocycles. The first-order valence-corrected chi connectivity index (χ1v) is 15.9. The van der Waals surface area contributed by atoms with Gasteiger partial charge in [-0.25, -0.2) is 19.4 Å². The molecule has 3 atom stereocenters. The summed E-state index contributed by atoms with van der Waals surface area (Å²) in [7, 11) is 8.32. The summed E-state index contributed by atoms with van der Waals surface area (Å²) in [6.07, 6.45) is -0.366. The molecule has 0 bridgehead atoms. The highest BCUT2D eigenvalue weighted by molar-refractivity contribution is 14.1. The van der Waals surface area contributed by atoms with E-state index < -0.39 is 69.0 Å². The van der Waals surface area contributed by atoms with Crippen LogP contribution in [0.15, 0.2) is 21.8 Å². The standard InChI is InChI=1S/C22H22B2IN5O10S2/c1-21(2,3)37-20(35)28-19-26-10(7-41-19)11(29-40-22(4-5-22)18(34)39-24)14(31)27-12-15(32)30-13(17(33)38-23)9(6-25)8-42(36)16(12)30/h7,12,16H,4-6,8H2,1-3H3,(H,27,31)(H,26,28,35)/b29-11-/t12-,16-,42?/m1/s1. The number of β-lactam (4-membered cyclic amide) rings is 1. The molecule has 0 spiro atoms. The van der Waals surface area contributed by atoms with E-state index in [9.17, 15) is 28.2 Å². The average Bonchev–Trinajstić information content (AvgIpc) is 3.59. The van der Waals surface area contributed by atoms with E-state index in [4.69, 9.17) is 25.7 Å². The highest BCUT2D eigenvalue weighted by atomic mass is 127. The molecule has 1 saturated carbocycles. The minimum absolute atomic E-state index is 0.0444. The van der Waals surface area contributed by atoms with Gasteiger partial charge in [0.15, 0.2) is 10.8 Å². The molecule has 2 fully saturated rings. The van der Waals surface area contributed by atoms with Crippen LogP contribution in [-0.4, -0.2) is 98.5 Å². The second-order valence-corrected chi connectivity index (χ2v) is 13.3. The van der Waals surface area contributed by atoms with Crippen molar-refractivity contribution in [3.05, 3.63) is 22.3 Å². The largest absolute Gasteiger partial charge is 0.540 e. The predicted octanol–water partition coefficient (Wildman–Crippen LogP) is 0.101. The van der Waals surface area contributed by atoms with Gasteiger partial charge in [-0.3, -0.25) is 24.0 Å². The van der Waals surface area contributed by atoms with E-state index in [0.717, 1.165) is 16.2 Å². The molecule has 1 aromatic rings. The van der Waals surface area contributed by atoms with E-state index in [0.29, 0.717) is 5.57 Å². The summed E-state index contributed by atoms with van der Waals surface area (Å²) in [5.74, 6) is -3.65. The second kappa shape index (κ2) is 12.3. The number of oxime groups is 1. The van der Waals surface area contributed by atoms with E-state index in [-0.39, 0.29) is 39.5 Å². The Kier molecular flexibility index (Phi) is 9.36. The Morgan fingerprint density at radius 2 is 1.95 bits per heavy atom. The molecule has 3 heterocycles. The van der Waals surface area contributed by atoms with Crippen LogP contribution in [0.1, 0.15) is 39.3 Å². The summed E-state index contributed by atoms with van der Waals surface area (Å²) in [6, 6.07) is -1.32. The number of anilines is 1. The molecule has 4 rings (SSSR count). The highest BCUT2D eigenvalue weighted by Crippen LogP contribution is 2.41. The lowest BCUT2D eigenvalue weighted by Crippen LogP contribution is -2.74. The Morgan fingerprint density at radius 1 is 1.26 bits per heavy atom. The molecule has 1 saturated heterocycles. The van der Waals surface area contributed by atoms with Crippen molar-refractivity contribution in [3.8, 4) is 0 Å². The fraction of sp³-hybridized carbons (Fsp3) is 0.500. The molecule has 2 aliphatic heterocycles. The number of carbonyl (C=O) groups is 5. The number of hydrogen-bond acceptors (Lipinski definition) is 13. The number of amides is 3. The second-order valence-electron chi connectivity index (χ2n) is 10.2. The zero-order valence-corrected chi connectivity index (χ0v) is 26.1. The summed E-state index contributed by atoms with van der Waals surface area (Å²) in [4.78, 5) is 73.6. The van der Waals surface area contributed by atoms with Crippen molar-refractivity contribution in [1.82, 2.24) is 15.2 Å². The number of carbonyl (C=O) groups excluding carboxylic acids is 5. The summed E-state index contributed by atoms with van der Waals surface area (Å²) in [6.45, 7) is 5.03. The van der Waals surface area contributed by atoms with Gasteiger partial charge in [-0.2, -0.15) is 0 Å². The zero-order valence-electron chi connectivity index (χ0n) is 22.3. The molecule has 3 amide bonds. The van der Waals surface area contributed by atoms with Crippen molar-refractivity contribution in [1.29, 1.82) is 0 Å². The Hall–Kier alpha value is -3.00. The number of fused-ring (bicyclic) bond motifs is 1. The van der Waals surface area contributed by atoms with Crippen LogP contribution in [-0.2, 0) is 48.9 Å². The van der Waals surface area contributed by atoms with Gasteiger partial charge in [0, 0.05) is 22.6 Å². The Morgan fingerprint density at radius 3 is 2.52 bits per heavy atom. The van der Waals surface area contributed by atoms with Gasteiger partial charge in [-0.1, -0.05) is 27.7 Å². The van der Waals surface area contributed by atoms with Gasteiger partial charge in [0.2, 0.25) is 5.60 Å². The van der Waals surface area contributed by atoms with Crippen LogP contribution in [0, 0.1) is 0 Å². The molecular formula is C22H22B2IN5O10S2. The SMILES string of the molecule is [B]OC(=O)C1=C(CI)CS(=O)[C@@H]2[C@H](NC(=O)/C(=N\OC3(C(=O)O[B])CC3)c3csc(NC(=O)OC(C)(C)C)n3)C(=O)N12. The summed E-state index contributed by atoms with van der Waals surface area (Å²) < 4.78 is 27.1. The monoisotopic (exact) mass is 729 g/mol.